The van der Waals surface area contributed by atoms with E-state index in [2.05, 4.69) is 17.5 Å². The number of aryl methyl sites for hydroxylation is 2. The van der Waals surface area contributed by atoms with Gasteiger partial charge in [0.25, 0.3) is 5.91 Å². The van der Waals surface area contributed by atoms with E-state index in [0.29, 0.717) is 5.56 Å². The van der Waals surface area contributed by atoms with Gasteiger partial charge in [0, 0.05) is 5.56 Å². The third-order valence-electron chi connectivity index (χ3n) is 4.88. The average molecular weight is 282 g/mol. The molecule has 21 heavy (non-hydrogen) atoms. The SMILES string of the molecule is N#CC1(NC(=O)c2ccc3c(c2)CCC3)CCCCCC1. The van der Waals surface area contributed by atoms with Crippen LogP contribution in [0.2, 0.25) is 0 Å². The van der Waals surface area contributed by atoms with Crippen molar-refractivity contribution in [2.24, 2.45) is 0 Å². The summed E-state index contributed by atoms with van der Waals surface area (Å²) in [5.41, 5.74) is 2.71. The molecule has 0 aliphatic heterocycles. The van der Waals surface area contributed by atoms with Crippen molar-refractivity contribution in [3.63, 3.8) is 0 Å². The number of amides is 1. The fourth-order valence-electron chi connectivity index (χ4n) is 3.60. The molecule has 3 rings (SSSR count). The molecule has 0 heterocycles. The predicted molar refractivity (Wildman–Crippen MR) is 82.0 cm³/mol. The van der Waals surface area contributed by atoms with Gasteiger partial charge in [0.2, 0.25) is 0 Å². The molecule has 2 aliphatic rings. The minimum Gasteiger partial charge on any atom is -0.334 e. The zero-order valence-corrected chi connectivity index (χ0v) is 12.5. The van der Waals surface area contributed by atoms with Crippen molar-refractivity contribution in [3.8, 4) is 6.07 Å². The van der Waals surface area contributed by atoms with Gasteiger partial charge >= 0.3 is 0 Å². The molecule has 1 aromatic rings. The summed E-state index contributed by atoms with van der Waals surface area (Å²) in [6, 6.07) is 8.37. The van der Waals surface area contributed by atoms with E-state index < -0.39 is 5.54 Å². The highest BCUT2D eigenvalue weighted by Gasteiger charge is 2.32. The van der Waals surface area contributed by atoms with Crippen LogP contribution in [0.5, 0.6) is 0 Å². The number of rotatable bonds is 2. The molecule has 1 fully saturated rings. The van der Waals surface area contributed by atoms with Gasteiger partial charge in [-0.2, -0.15) is 5.26 Å². The standard InChI is InChI=1S/C18H22N2O/c19-13-18(10-3-1-2-4-11-18)20-17(21)16-9-8-14-6-5-7-15(14)12-16/h8-9,12H,1-7,10-11H2,(H,20,21). The number of hydrogen-bond acceptors (Lipinski definition) is 2. The predicted octanol–water partition coefficient (Wildman–Crippen LogP) is 3.52. The Morgan fingerprint density at radius 2 is 1.76 bits per heavy atom. The Bertz CT molecular complexity index is 577. The lowest BCUT2D eigenvalue weighted by atomic mass is 9.91. The van der Waals surface area contributed by atoms with Crippen molar-refractivity contribution in [2.45, 2.75) is 63.3 Å². The van der Waals surface area contributed by atoms with Crippen LogP contribution in [0.3, 0.4) is 0 Å². The highest BCUT2D eigenvalue weighted by Crippen LogP contribution is 2.28. The van der Waals surface area contributed by atoms with E-state index in [0.717, 1.165) is 51.4 Å². The Balaban J connectivity index is 1.77. The summed E-state index contributed by atoms with van der Waals surface area (Å²) in [4.78, 5) is 12.5. The van der Waals surface area contributed by atoms with Gasteiger partial charge in [-0.05, 0) is 55.4 Å². The third kappa shape index (κ3) is 2.95. The van der Waals surface area contributed by atoms with Crippen LogP contribution in [0.1, 0.15) is 66.4 Å². The lowest BCUT2D eigenvalue weighted by molar-refractivity contribution is 0.0913. The quantitative estimate of drug-likeness (QED) is 0.844. The van der Waals surface area contributed by atoms with Crippen molar-refractivity contribution >= 4 is 5.91 Å². The minimum atomic E-state index is -0.660. The summed E-state index contributed by atoms with van der Waals surface area (Å²) < 4.78 is 0. The van der Waals surface area contributed by atoms with Crippen molar-refractivity contribution in [1.82, 2.24) is 5.32 Å². The number of nitrogens with one attached hydrogen (secondary N) is 1. The summed E-state index contributed by atoms with van der Waals surface area (Å²) in [6.45, 7) is 0. The van der Waals surface area contributed by atoms with Gasteiger partial charge in [-0.3, -0.25) is 4.79 Å². The molecular weight excluding hydrogens is 260 g/mol. The lowest BCUT2D eigenvalue weighted by Crippen LogP contribution is -2.47. The van der Waals surface area contributed by atoms with E-state index in [9.17, 15) is 10.1 Å². The molecule has 0 atom stereocenters. The van der Waals surface area contributed by atoms with E-state index in [4.69, 9.17) is 0 Å². The molecule has 0 aromatic heterocycles. The fraction of sp³-hybridized carbons (Fsp3) is 0.556. The van der Waals surface area contributed by atoms with E-state index >= 15 is 0 Å². The van der Waals surface area contributed by atoms with Crippen LogP contribution in [0.4, 0.5) is 0 Å². The van der Waals surface area contributed by atoms with E-state index in [1.807, 2.05) is 12.1 Å². The van der Waals surface area contributed by atoms with Gasteiger partial charge in [0.15, 0.2) is 0 Å². The first-order chi connectivity index (χ1) is 10.2. The molecular formula is C18H22N2O. The number of carbonyl (C=O) groups excluding carboxylic acids is 1. The van der Waals surface area contributed by atoms with Crippen molar-refractivity contribution in [3.05, 3.63) is 34.9 Å². The molecule has 0 unspecified atom stereocenters. The second-order valence-corrected chi connectivity index (χ2v) is 6.40. The second-order valence-electron chi connectivity index (χ2n) is 6.40. The van der Waals surface area contributed by atoms with Crippen LogP contribution in [-0.4, -0.2) is 11.4 Å². The number of hydrogen-bond donors (Lipinski definition) is 1. The fourth-order valence-corrected chi connectivity index (χ4v) is 3.60. The summed E-state index contributed by atoms with van der Waals surface area (Å²) in [7, 11) is 0. The maximum Gasteiger partial charge on any atom is 0.252 e. The first-order valence-electron chi connectivity index (χ1n) is 8.08. The highest BCUT2D eigenvalue weighted by atomic mass is 16.1. The van der Waals surface area contributed by atoms with Gasteiger partial charge in [-0.15, -0.1) is 0 Å². The molecule has 1 amide bonds. The molecule has 1 N–H and O–H groups in total. The minimum absolute atomic E-state index is 0.0897. The van der Waals surface area contributed by atoms with Crippen LogP contribution in [0, 0.1) is 11.3 Å². The second kappa shape index (κ2) is 5.89. The maximum absolute atomic E-state index is 12.5. The van der Waals surface area contributed by atoms with Gasteiger partial charge in [0.05, 0.1) is 6.07 Å². The molecule has 1 saturated carbocycles. The number of nitriles is 1. The van der Waals surface area contributed by atoms with Crippen LogP contribution >= 0.6 is 0 Å². The molecule has 0 spiro atoms. The Morgan fingerprint density at radius 1 is 1.05 bits per heavy atom. The maximum atomic E-state index is 12.5. The number of nitrogens with zero attached hydrogens (tertiary/aromatic N) is 1. The molecule has 110 valence electrons. The van der Waals surface area contributed by atoms with Gasteiger partial charge in [0.1, 0.15) is 5.54 Å². The molecule has 1 aromatic carbocycles. The highest BCUT2D eigenvalue weighted by molar-refractivity contribution is 5.95. The molecule has 0 radical (unpaired) electrons. The zero-order valence-electron chi connectivity index (χ0n) is 12.5. The van der Waals surface area contributed by atoms with Gasteiger partial charge < -0.3 is 5.32 Å². The molecule has 0 bridgehead atoms. The normalized spacial score (nSPS) is 20.1. The van der Waals surface area contributed by atoms with Gasteiger partial charge in [-0.25, -0.2) is 0 Å². The Kier molecular flexibility index (Phi) is 3.96. The van der Waals surface area contributed by atoms with E-state index in [1.165, 1.54) is 17.5 Å². The van der Waals surface area contributed by atoms with Crippen LogP contribution in [-0.2, 0) is 12.8 Å². The van der Waals surface area contributed by atoms with E-state index in [1.54, 1.807) is 0 Å². The Labute approximate surface area is 126 Å². The Morgan fingerprint density at radius 3 is 2.48 bits per heavy atom. The topological polar surface area (TPSA) is 52.9 Å². The summed E-state index contributed by atoms with van der Waals surface area (Å²) in [5.74, 6) is -0.0897. The van der Waals surface area contributed by atoms with E-state index in [-0.39, 0.29) is 5.91 Å². The monoisotopic (exact) mass is 282 g/mol. The third-order valence-corrected chi connectivity index (χ3v) is 4.88. The zero-order chi connectivity index (χ0) is 14.7. The first kappa shape index (κ1) is 14.1. The smallest absolute Gasteiger partial charge is 0.252 e. The van der Waals surface area contributed by atoms with Gasteiger partial charge in [-0.1, -0.05) is 31.7 Å². The largest absolute Gasteiger partial charge is 0.334 e. The average Bonchev–Trinajstić information content (AvgIpc) is 2.85. The van der Waals surface area contributed by atoms with Crippen molar-refractivity contribution < 1.29 is 4.79 Å². The van der Waals surface area contributed by atoms with Crippen molar-refractivity contribution in [1.29, 1.82) is 5.26 Å². The van der Waals surface area contributed by atoms with Crippen LogP contribution in [0.15, 0.2) is 18.2 Å². The molecule has 0 saturated heterocycles. The Hall–Kier alpha value is -1.82. The number of fused-ring (bicyclic) bond motifs is 1. The van der Waals surface area contributed by atoms with Crippen molar-refractivity contribution in [2.75, 3.05) is 0 Å². The van der Waals surface area contributed by atoms with Crippen LogP contribution in [0.25, 0.3) is 0 Å². The number of carbonyl (C=O) groups is 1. The molecule has 3 nitrogen and oxygen atoms in total. The first-order valence-corrected chi connectivity index (χ1v) is 8.08. The lowest BCUT2D eigenvalue weighted by Gasteiger charge is -2.26. The molecule has 3 heteroatoms. The summed E-state index contributed by atoms with van der Waals surface area (Å²) in [5, 5.41) is 12.6. The summed E-state index contributed by atoms with van der Waals surface area (Å²) >= 11 is 0. The summed E-state index contributed by atoms with van der Waals surface area (Å²) in [6.07, 6.45) is 9.31. The van der Waals surface area contributed by atoms with Crippen LogP contribution < -0.4 is 5.32 Å². The number of benzene rings is 1. The molecule has 2 aliphatic carbocycles.